The van der Waals surface area contributed by atoms with Crippen molar-refractivity contribution in [3.63, 3.8) is 0 Å². The van der Waals surface area contributed by atoms with Crippen molar-refractivity contribution in [1.82, 2.24) is 9.97 Å². The molecule has 104 valence electrons. The molecule has 0 aliphatic rings. The zero-order valence-corrected chi connectivity index (χ0v) is 11.0. The Bertz CT molecular complexity index is 713. The monoisotopic (exact) mass is 296 g/mol. The molecule has 0 saturated heterocycles. The number of aromatic carboxylic acids is 1. The molecule has 2 aromatic rings. The van der Waals surface area contributed by atoms with Crippen LogP contribution >= 0.6 is 11.6 Å². The molecule has 20 heavy (non-hydrogen) atoms. The van der Waals surface area contributed by atoms with E-state index in [1.165, 1.54) is 25.3 Å². The molecule has 0 unspecified atom stereocenters. The van der Waals surface area contributed by atoms with Gasteiger partial charge in [-0.2, -0.15) is 0 Å². The van der Waals surface area contributed by atoms with Gasteiger partial charge in [0.15, 0.2) is 0 Å². The highest BCUT2D eigenvalue weighted by Gasteiger charge is 2.17. The summed E-state index contributed by atoms with van der Waals surface area (Å²) in [6.45, 7) is 0. The standard InChI is InChI=1S/C12H9ClN2O5/c1-19-9-10(16)14-5-15-11(9)20-8-4-6(13)2-3-7(8)12(17)18/h2-5H,1H3,(H,17,18)(H,14,15,16). The molecular formula is C12H9ClN2O5. The van der Waals surface area contributed by atoms with E-state index >= 15 is 0 Å². The quantitative estimate of drug-likeness (QED) is 0.894. The van der Waals surface area contributed by atoms with E-state index in [1.807, 2.05) is 0 Å². The number of nitrogens with one attached hydrogen (secondary N) is 1. The number of rotatable bonds is 4. The van der Waals surface area contributed by atoms with Crippen molar-refractivity contribution in [2.75, 3.05) is 7.11 Å². The largest absolute Gasteiger partial charge is 0.487 e. The van der Waals surface area contributed by atoms with Crippen LogP contribution in [0.4, 0.5) is 0 Å². The number of carbonyl (C=O) groups is 1. The van der Waals surface area contributed by atoms with Gasteiger partial charge in [-0.1, -0.05) is 11.6 Å². The summed E-state index contributed by atoms with van der Waals surface area (Å²) < 4.78 is 10.2. The Morgan fingerprint density at radius 1 is 1.45 bits per heavy atom. The van der Waals surface area contributed by atoms with Crippen LogP contribution in [-0.2, 0) is 0 Å². The van der Waals surface area contributed by atoms with E-state index in [4.69, 9.17) is 26.2 Å². The minimum absolute atomic E-state index is 0.0404. The molecule has 0 bridgehead atoms. The summed E-state index contributed by atoms with van der Waals surface area (Å²) >= 11 is 5.80. The number of aromatic nitrogens is 2. The normalized spacial score (nSPS) is 10.1. The first kappa shape index (κ1) is 13.9. The molecule has 0 saturated carbocycles. The van der Waals surface area contributed by atoms with Crippen LogP contribution in [0.15, 0.2) is 29.3 Å². The van der Waals surface area contributed by atoms with Crippen LogP contribution in [0, 0.1) is 0 Å². The molecule has 0 amide bonds. The van der Waals surface area contributed by atoms with Crippen molar-refractivity contribution >= 4 is 17.6 Å². The lowest BCUT2D eigenvalue weighted by molar-refractivity contribution is 0.0694. The fraction of sp³-hybridized carbons (Fsp3) is 0.0833. The van der Waals surface area contributed by atoms with Crippen LogP contribution in [0.3, 0.4) is 0 Å². The number of benzene rings is 1. The topological polar surface area (TPSA) is 102 Å². The van der Waals surface area contributed by atoms with E-state index in [2.05, 4.69) is 9.97 Å². The van der Waals surface area contributed by atoms with E-state index in [1.54, 1.807) is 0 Å². The third-order valence-corrected chi connectivity index (χ3v) is 2.60. The Morgan fingerprint density at radius 2 is 2.20 bits per heavy atom. The van der Waals surface area contributed by atoms with Gasteiger partial charge in [-0.25, -0.2) is 9.78 Å². The molecule has 2 rings (SSSR count). The van der Waals surface area contributed by atoms with Gasteiger partial charge in [0, 0.05) is 11.1 Å². The molecule has 7 nitrogen and oxygen atoms in total. The first-order valence-corrected chi connectivity index (χ1v) is 5.73. The Labute approximate surface area is 117 Å². The van der Waals surface area contributed by atoms with Gasteiger partial charge in [0.05, 0.1) is 13.4 Å². The molecule has 0 aliphatic heterocycles. The van der Waals surface area contributed by atoms with Gasteiger partial charge in [0.2, 0.25) is 5.75 Å². The molecule has 8 heteroatoms. The summed E-state index contributed by atoms with van der Waals surface area (Å²) in [5.74, 6) is -1.55. The van der Waals surface area contributed by atoms with Crippen molar-refractivity contribution in [1.29, 1.82) is 0 Å². The SMILES string of the molecule is COc1c(Oc2cc(Cl)ccc2C(=O)O)nc[nH]c1=O. The molecule has 1 aromatic heterocycles. The minimum atomic E-state index is -1.19. The average molecular weight is 297 g/mol. The predicted molar refractivity (Wildman–Crippen MR) is 69.9 cm³/mol. The third kappa shape index (κ3) is 2.72. The summed E-state index contributed by atoms with van der Waals surface area (Å²) in [7, 11) is 1.27. The van der Waals surface area contributed by atoms with Crippen LogP contribution in [0.1, 0.15) is 10.4 Å². The maximum atomic E-state index is 11.5. The number of H-pyrrole nitrogens is 1. The summed E-state index contributed by atoms with van der Waals surface area (Å²) in [6, 6.07) is 4.02. The summed E-state index contributed by atoms with van der Waals surface area (Å²) in [5, 5.41) is 9.36. The Kier molecular flexibility index (Phi) is 3.90. The second-order valence-electron chi connectivity index (χ2n) is 3.62. The number of carboxylic acid groups (broad SMARTS) is 1. The first-order chi connectivity index (χ1) is 9.52. The van der Waals surface area contributed by atoms with E-state index in [-0.39, 0.29) is 28.0 Å². The Balaban J connectivity index is 2.50. The second kappa shape index (κ2) is 5.62. The molecule has 0 spiro atoms. The zero-order valence-electron chi connectivity index (χ0n) is 10.2. The molecular weight excluding hydrogens is 288 g/mol. The Morgan fingerprint density at radius 3 is 2.85 bits per heavy atom. The lowest BCUT2D eigenvalue weighted by atomic mass is 10.2. The molecule has 0 radical (unpaired) electrons. The maximum absolute atomic E-state index is 11.5. The van der Waals surface area contributed by atoms with E-state index < -0.39 is 11.5 Å². The van der Waals surface area contributed by atoms with E-state index in [0.717, 1.165) is 6.33 Å². The van der Waals surface area contributed by atoms with Crippen molar-refractivity contribution in [3.05, 3.63) is 45.5 Å². The highest BCUT2D eigenvalue weighted by molar-refractivity contribution is 6.30. The average Bonchev–Trinajstić information content (AvgIpc) is 2.38. The van der Waals surface area contributed by atoms with Crippen LogP contribution in [-0.4, -0.2) is 28.2 Å². The number of carboxylic acids is 1. The van der Waals surface area contributed by atoms with Gasteiger partial charge in [-0.3, -0.25) is 4.79 Å². The highest BCUT2D eigenvalue weighted by Crippen LogP contribution is 2.30. The number of hydrogen-bond acceptors (Lipinski definition) is 5. The number of hydrogen-bond donors (Lipinski definition) is 2. The van der Waals surface area contributed by atoms with Crippen molar-refractivity contribution in [2.45, 2.75) is 0 Å². The number of halogens is 1. The van der Waals surface area contributed by atoms with Gasteiger partial charge in [0.25, 0.3) is 11.4 Å². The fourth-order valence-corrected chi connectivity index (χ4v) is 1.65. The summed E-state index contributed by atoms with van der Waals surface area (Å²) in [5.41, 5.74) is -0.657. The lowest BCUT2D eigenvalue weighted by Gasteiger charge is -2.10. The van der Waals surface area contributed by atoms with Crippen molar-refractivity contribution < 1.29 is 19.4 Å². The number of ether oxygens (including phenoxy) is 2. The minimum Gasteiger partial charge on any atom is -0.487 e. The van der Waals surface area contributed by atoms with Crippen LogP contribution in [0.25, 0.3) is 0 Å². The van der Waals surface area contributed by atoms with Gasteiger partial charge in [0.1, 0.15) is 11.3 Å². The van der Waals surface area contributed by atoms with Gasteiger partial charge >= 0.3 is 5.97 Å². The molecule has 1 heterocycles. The number of methoxy groups -OCH3 is 1. The molecule has 0 fully saturated rings. The smallest absolute Gasteiger partial charge is 0.339 e. The summed E-state index contributed by atoms with van der Waals surface area (Å²) in [4.78, 5) is 28.7. The zero-order chi connectivity index (χ0) is 14.7. The molecule has 0 atom stereocenters. The fourth-order valence-electron chi connectivity index (χ4n) is 1.48. The first-order valence-electron chi connectivity index (χ1n) is 5.35. The Hall–Kier alpha value is -2.54. The van der Waals surface area contributed by atoms with Gasteiger partial charge < -0.3 is 19.6 Å². The van der Waals surface area contributed by atoms with Gasteiger partial charge in [-0.05, 0) is 12.1 Å². The van der Waals surface area contributed by atoms with Crippen molar-refractivity contribution in [2.24, 2.45) is 0 Å². The molecule has 0 aliphatic carbocycles. The van der Waals surface area contributed by atoms with Crippen molar-refractivity contribution in [3.8, 4) is 17.4 Å². The second-order valence-corrected chi connectivity index (χ2v) is 4.05. The number of aromatic amines is 1. The highest BCUT2D eigenvalue weighted by atomic mass is 35.5. The van der Waals surface area contributed by atoms with Crippen LogP contribution < -0.4 is 15.0 Å². The molecule has 2 N–H and O–H groups in total. The van der Waals surface area contributed by atoms with E-state index in [0.29, 0.717) is 0 Å². The third-order valence-electron chi connectivity index (χ3n) is 2.36. The molecule has 1 aromatic carbocycles. The predicted octanol–water partition coefficient (Wildman–Crippen LogP) is 1.92. The summed E-state index contributed by atoms with van der Waals surface area (Å²) in [6.07, 6.45) is 1.12. The van der Waals surface area contributed by atoms with Crippen LogP contribution in [0.5, 0.6) is 17.4 Å². The lowest BCUT2D eigenvalue weighted by Crippen LogP contribution is -2.11. The number of nitrogens with zero attached hydrogens (tertiary/aromatic N) is 1. The van der Waals surface area contributed by atoms with Gasteiger partial charge in [-0.15, -0.1) is 0 Å². The maximum Gasteiger partial charge on any atom is 0.339 e. The van der Waals surface area contributed by atoms with Crippen LogP contribution in [0.2, 0.25) is 5.02 Å². The van der Waals surface area contributed by atoms with E-state index in [9.17, 15) is 9.59 Å².